The Hall–Kier alpha value is -0.880. The fourth-order valence-electron chi connectivity index (χ4n) is 0.888. The van der Waals surface area contributed by atoms with Gasteiger partial charge in [-0.2, -0.15) is 0 Å². The molecule has 1 aromatic carbocycles. The van der Waals surface area contributed by atoms with Crippen LogP contribution in [-0.4, -0.2) is 11.6 Å². The van der Waals surface area contributed by atoms with Gasteiger partial charge in [0.05, 0.1) is 10.5 Å². The molecule has 1 aromatic rings. The molecule has 82 valence electrons. The van der Waals surface area contributed by atoms with Crippen molar-refractivity contribution in [2.45, 2.75) is 11.3 Å². The van der Waals surface area contributed by atoms with Gasteiger partial charge in [0, 0.05) is 0 Å². The lowest BCUT2D eigenvalue weighted by Crippen LogP contribution is -2.17. The fraction of sp³-hybridized carbons (Fsp3) is 0.125. The Morgan fingerprint density at radius 1 is 1.40 bits per heavy atom. The molecular weight excluding hydrogens is 253 g/mol. The number of hydrogen-bond donors (Lipinski definition) is 1. The molecule has 0 saturated carbocycles. The number of hydrogen-bond acceptors (Lipinski definition) is 3. The van der Waals surface area contributed by atoms with Gasteiger partial charge in [0.1, 0.15) is 5.75 Å². The van der Waals surface area contributed by atoms with Gasteiger partial charge >= 0.3 is 6.36 Å². The molecular formula is C8H4ClF3O2S. The molecule has 0 saturated heterocycles. The molecule has 2 nitrogen and oxygen atoms in total. The van der Waals surface area contributed by atoms with Gasteiger partial charge in [-0.15, -0.1) is 25.8 Å². The van der Waals surface area contributed by atoms with Crippen LogP contribution in [-0.2, 0) is 0 Å². The van der Waals surface area contributed by atoms with E-state index in [9.17, 15) is 18.0 Å². The van der Waals surface area contributed by atoms with Gasteiger partial charge in [-0.1, -0.05) is 6.07 Å². The SMILES string of the molecule is O=C(Cl)c1cccc(OC(F)(F)F)c1S. The van der Waals surface area contributed by atoms with Crippen LogP contribution in [0.5, 0.6) is 5.75 Å². The van der Waals surface area contributed by atoms with Crippen LogP contribution in [0.25, 0.3) is 0 Å². The zero-order chi connectivity index (χ0) is 11.6. The average Bonchev–Trinajstić information content (AvgIpc) is 2.05. The third-order valence-corrected chi connectivity index (χ3v) is 2.10. The molecule has 0 aromatic heterocycles. The summed E-state index contributed by atoms with van der Waals surface area (Å²) in [6, 6.07) is 3.51. The first-order valence-corrected chi connectivity index (χ1v) is 4.41. The molecule has 0 aliphatic carbocycles. The zero-order valence-corrected chi connectivity index (χ0v) is 8.66. The maximum Gasteiger partial charge on any atom is 0.573 e. The van der Waals surface area contributed by atoms with E-state index in [2.05, 4.69) is 17.4 Å². The summed E-state index contributed by atoms with van der Waals surface area (Å²) in [4.78, 5) is 10.5. The number of carbonyl (C=O) groups is 1. The van der Waals surface area contributed by atoms with Gasteiger partial charge in [0.25, 0.3) is 5.24 Å². The quantitative estimate of drug-likeness (QED) is 0.649. The van der Waals surface area contributed by atoms with E-state index in [0.717, 1.165) is 6.07 Å². The van der Waals surface area contributed by atoms with Crippen LogP contribution < -0.4 is 4.74 Å². The molecule has 0 N–H and O–H groups in total. The van der Waals surface area contributed by atoms with Crippen molar-refractivity contribution in [3.05, 3.63) is 23.8 Å². The van der Waals surface area contributed by atoms with Gasteiger partial charge in [-0.3, -0.25) is 4.79 Å². The summed E-state index contributed by atoms with van der Waals surface area (Å²) in [5, 5.41) is -0.896. The smallest absolute Gasteiger partial charge is 0.405 e. The van der Waals surface area contributed by atoms with E-state index in [0.29, 0.717) is 0 Å². The Kier molecular flexibility index (Phi) is 3.51. The highest BCUT2D eigenvalue weighted by Crippen LogP contribution is 2.31. The van der Waals surface area contributed by atoms with Crippen molar-refractivity contribution < 1.29 is 22.7 Å². The molecule has 0 radical (unpaired) electrons. The second-order valence-electron chi connectivity index (χ2n) is 2.47. The van der Waals surface area contributed by atoms with Crippen molar-refractivity contribution >= 4 is 29.5 Å². The summed E-state index contributed by atoms with van der Waals surface area (Å²) in [7, 11) is 0. The van der Waals surface area contributed by atoms with Gasteiger partial charge in [-0.25, -0.2) is 0 Å². The topological polar surface area (TPSA) is 26.3 Å². The molecule has 0 heterocycles. The monoisotopic (exact) mass is 256 g/mol. The molecule has 15 heavy (non-hydrogen) atoms. The van der Waals surface area contributed by atoms with Crippen molar-refractivity contribution in [1.82, 2.24) is 0 Å². The predicted octanol–water partition coefficient (Wildman–Crippen LogP) is 3.25. The molecule has 0 aliphatic heterocycles. The zero-order valence-electron chi connectivity index (χ0n) is 7.01. The third kappa shape index (κ3) is 3.32. The normalized spacial score (nSPS) is 11.3. The second kappa shape index (κ2) is 4.32. The molecule has 7 heteroatoms. The third-order valence-electron chi connectivity index (χ3n) is 1.44. The van der Waals surface area contributed by atoms with E-state index < -0.39 is 17.4 Å². The highest BCUT2D eigenvalue weighted by Gasteiger charge is 2.32. The van der Waals surface area contributed by atoms with Crippen molar-refractivity contribution in [3.8, 4) is 5.75 Å². The maximum absolute atomic E-state index is 11.9. The Labute approximate surface area is 93.4 Å². The first-order chi connectivity index (χ1) is 6.81. The lowest BCUT2D eigenvalue weighted by atomic mass is 10.2. The summed E-state index contributed by atoms with van der Waals surface area (Å²) in [5.41, 5.74) is -0.137. The van der Waals surface area contributed by atoms with E-state index >= 15 is 0 Å². The Morgan fingerprint density at radius 3 is 2.47 bits per heavy atom. The van der Waals surface area contributed by atoms with Crippen molar-refractivity contribution in [3.63, 3.8) is 0 Å². The summed E-state index contributed by atoms with van der Waals surface area (Å²) in [6.45, 7) is 0. The Morgan fingerprint density at radius 2 is 2.00 bits per heavy atom. The van der Waals surface area contributed by atoms with Crippen LogP contribution in [0.2, 0.25) is 0 Å². The summed E-state index contributed by atoms with van der Waals surface area (Å²) in [5.74, 6) is -0.558. The summed E-state index contributed by atoms with van der Waals surface area (Å²) >= 11 is 8.86. The summed E-state index contributed by atoms with van der Waals surface area (Å²) in [6.07, 6.45) is -4.83. The standard InChI is InChI=1S/C8H4ClF3O2S/c9-7(13)4-2-1-3-5(6(4)15)14-8(10,11)12/h1-3,15H. The molecule has 0 amide bonds. The van der Waals surface area contributed by atoms with Gasteiger partial charge in [0.2, 0.25) is 0 Å². The second-order valence-corrected chi connectivity index (χ2v) is 3.26. The minimum atomic E-state index is -4.83. The highest BCUT2D eigenvalue weighted by atomic mass is 35.5. The van der Waals surface area contributed by atoms with Crippen molar-refractivity contribution in [1.29, 1.82) is 0 Å². The minimum absolute atomic E-state index is 0.137. The van der Waals surface area contributed by atoms with E-state index in [1.165, 1.54) is 12.1 Å². The largest absolute Gasteiger partial charge is 0.573 e. The van der Waals surface area contributed by atoms with Crippen LogP contribution in [0.15, 0.2) is 23.1 Å². The predicted molar refractivity (Wildman–Crippen MR) is 50.6 cm³/mol. The molecule has 0 spiro atoms. The number of carbonyl (C=O) groups excluding carboxylic acids is 1. The fourth-order valence-corrected chi connectivity index (χ4v) is 1.41. The number of ether oxygens (including phenoxy) is 1. The number of thiol groups is 1. The molecule has 0 bridgehead atoms. The van der Waals surface area contributed by atoms with Crippen LogP contribution in [0.4, 0.5) is 13.2 Å². The Balaban J connectivity index is 3.10. The number of benzene rings is 1. The van der Waals surface area contributed by atoms with E-state index in [1.54, 1.807) is 0 Å². The van der Waals surface area contributed by atoms with Crippen LogP contribution in [0.1, 0.15) is 10.4 Å². The van der Waals surface area contributed by atoms with E-state index in [1.807, 2.05) is 0 Å². The first-order valence-electron chi connectivity index (χ1n) is 3.59. The van der Waals surface area contributed by atoms with E-state index in [-0.39, 0.29) is 10.5 Å². The van der Waals surface area contributed by atoms with Crippen molar-refractivity contribution in [2.24, 2.45) is 0 Å². The van der Waals surface area contributed by atoms with Crippen molar-refractivity contribution in [2.75, 3.05) is 0 Å². The molecule has 0 aliphatic rings. The number of halogens is 4. The van der Waals surface area contributed by atoms with Gasteiger partial charge < -0.3 is 4.74 Å². The lowest BCUT2D eigenvalue weighted by Gasteiger charge is -2.11. The highest BCUT2D eigenvalue weighted by molar-refractivity contribution is 7.80. The molecule has 0 atom stereocenters. The van der Waals surface area contributed by atoms with Crippen LogP contribution in [0.3, 0.4) is 0 Å². The van der Waals surface area contributed by atoms with Crippen LogP contribution in [0, 0.1) is 0 Å². The van der Waals surface area contributed by atoms with Crippen LogP contribution >= 0.6 is 24.2 Å². The summed E-state index contributed by atoms with van der Waals surface area (Å²) < 4.78 is 39.3. The van der Waals surface area contributed by atoms with E-state index in [4.69, 9.17) is 11.6 Å². The minimum Gasteiger partial charge on any atom is -0.405 e. The van der Waals surface area contributed by atoms with Gasteiger partial charge in [-0.05, 0) is 23.7 Å². The van der Waals surface area contributed by atoms with Gasteiger partial charge in [0.15, 0.2) is 0 Å². The Bertz CT molecular complexity index is 392. The number of alkyl halides is 3. The molecule has 1 rings (SSSR count). The molecule has 0 unspecified atom stereocenters. The molecule has 0 fully saturated rings. The maximum atomic E-state index is 11.9. The number of rotatable bonds is 2. The lowest BCUT2D eigenvalue weighted by molar-refractivity contribution is -0.275. The first kappa shape index (κ1) is 12.2. The average molecular weight is 257 g/mol.